The van der Waals surface area contributed by atoms with E-state index in [1.165, 1.54) is 13.3 Å². The largest absolute Gasteiger partial charge is 0.493 e. The molecule has 0 aliphatic rings. The maximum absolute atomic E-state index is 14.7. The second-order valence-electron chi connectivity index (χ2n) is 6.81. The molecule has 3 heterocycles. The van der Waals surface area contributed by atoms with Gasteiger partial charge in [-0.2, -0.15) is 0 Å². The van der Waals surface area contributed by atoms with Crippen LogP contribution in [0.1, 0.15) is 5.56 Å². The Morgan fingerprint density at radius 3 is 2.84 bits per heavy atom. The molecule has 0 saturated heterocycles. The van der Waals surface area contributed by atoms with Crippen LogP contribution in [0.5, 0.6) is 5.75 Å². The maximum Gasteiger partial charge on any atom is 0.259 e. The first-order valence-electron chi connectivity index (χ1n) is 9.49. The molecule has 4 aromatic rings. The van der Waals surface area contributed by atoms with Crippen molar-refractivity contribution in [2.45, 2.75) is 6.42 Å². The normalized spacial score (nSPS) is 11.1. The molecule has 0 unspecified atom stereocenters. The molecule has 0 atom stereocenters. The lowest BCUT2D eigenvalue weighted by Gasteiger charge is -2.13. The minimum Gasteiger partial charge on any atom is -0.493 e. The highest BCUT2D eigenvalue weighted by atomic mass is 35.5. The number of nitrogens with one attached hydrogen (secondary N) is 3. The molecule has 9 heteroatoms. The Bertz CT molecular complexity index is 1300. The highest BCUT2D eigenvalue weighted by Crippen LogP contribution is 2.41. The molecule has 3 aromatic heterocycles. The molecular weight excluding hydrogens is 423 g/mol. The SMILES string of the molecule is COCCc1c[nH]c(=O)c2c(Nc3cccc(Cl)c3OC)c(-c3ccncc3F)[nH]c12. The number of methoxy groups -OCH3 is 2. The number of para-hydroxylation sites is 1. The van der Waals surface area contributed by atoms with E-state index in [4.69, 9.17) is 21.1 Å². The van der Waals surface area contributed by atoms with Crippen molar-refractivity contribution in [1.82, 2.24) is 15.0 Å². The van der Waals surface area contributed by atoms with E-state index in [1.54, 1.807) is 37.6 Å². The Morgan fingerprint density at radius 1 is 1.26 bits per heavy atom. The van der Waals surface area contributed by atoms with Gasteiger partial charge in [0, 0.05) is 25.1 Å². The Hall–Kier alpha value is -3.36. The molecule has 31 heavy (non-hydrogen) atoms. The predicted molar refractivity (Wildman–Crippen MR) is 119 cm³/mol. The van der Waals surface area contributed by atoms with Crippen LogP contribution in [-0.2, 0) is 11.2 Å². The fourth-order valence-electron chi connectivity index (χ4n) is 3.53. The number of pyridine rings is 2. The zero-order valence-electron chi connectivity index (χ0n) is 16.9. The Labute approximate surface area is 182 Å². The summed E-state index contributed by atoms with van der Waals surface area (Å²) in [5.74, 6) is -0.114. The Kier molecular flexibility index (Phi) is 5.92. The first-order chi connectivity index (χ1) is 15.0. The van der Waals surface area contributed by atoms with Crippen LogP contribution in [-0.4, -0.2) is 35.8 Å². The van der Waals surface area contributed by atoms with Gasteiger partial charge in [-0.15, -0.1) is 0 Å². The van der Waals surface area contributed by atoms with Crippen LogP contribution < -0.4 is 15.6 Å². The molecule has 0 aliphatic heterocycles. The number of nitrogens with zero attached hydrogens (tertiary/aromatic N) is 1. The van der Waals surface area contributed by atoms with Gasteiger partial charge >= 0.3 is 0 Å². The number of ether oxygens (including phenoxy) is 2. The second-order valence-corrected chi connectivity index (χ2v) is 7.22. The summed E-state index contributed by atoms with van der Waals surface area (Å²) in [5.41, 5.74) is 2.72. The Balaban J connectivity index is 2.00. The first-order valence-corrected chi connectivity index (χ1v) is 9.87. The van der Waals surface area contributed by atoms with Crippen molar-refractivity contribution in [3.05, 3.63) is 69.6 Å². The average molecular weight is 443 g/mol. The quantitative estimate of drug-likeness (QED) is 0.387. The molecule has 160 valence electrons. The fourth-order valence-corrected chi connectivity index (χ4v) is 3.78. The third kappa shape index (κ3) is 3.87. The van der Waals surface area contributed by atoms with Crippen molar-refractivity contribution in [3.63, 3.8) is 0 Å². The highest BCUT2D eigenvalue weighted by molar-refractivity contribution is 6.32. The van der Waals surface area contributed by atoms with E-state index in [-0.39, 0.29) is 11.1 Å². The van der Waals surface area contributed by atoms with Crippen molar-refractivity contribution in [2.75, 3.05) is 26.1 Å². The van der Waals surface area contributed by atoms with Gasteiger partial charge in [0.2, 0.25) is 0 Å². The van der Waals surface area contributed by atoms with E-state index < -0.39 is 5.82 Å². The summed E-state index contributed by atoms with van der Waals surface area (Å²) in [4.78, 5) is 22.7. The zero-order valence-corrected chi connectivity index (χ0v) is 17.6. The number of fused-ring (bicyclic) bond motifs is 1. The molecule has 1 aromatic carbocycles. The van der Waals surface area contributed by atoms with Crippen molar-refractivity contribution in [1.29, 1.82) is 0 Å². The summed E-state index contributed by atoms with van der Waals surface area (Å²) in [6.07, 6.45) is 4.81. The molecular formula is C22H20ClFN4O3. The van der Waals surface area contributed by atoms with Gasteiger partial charge in [0.15, 0.2) is 11.6 Å². The fraction of sp³-hybridized carbons (Fsp3) is 0.182. The minimum absolute atomic E-state index is 0.270. The second kappa shape index (κ2) is 8.79. The number of rotatable bonds is 7. The van der Waals surface area contributed by atoms with E-state index in [2.05, 4.69) is 20.3 Å². The van der Waals surface area contributed by atoms with Crippen LogP contribution in [0.4, 0.5) is 15.8 Å². The lowest BCUT2D eigenvalue weighted by Crippen LogP contribution is -2.09. The lowest BCUT2D eigenvalue weighted by molar-refractivity contribution is 0.202. The van der Waals surface area contributed by atoms with Gasteiger partial charge in [-0.25, -0.2) is 4.39 Å². The zero-order chi connectivity index (χ0) is 22.0. The average Bonchev–Trinajstić information content (AvgIpc) is 3.14. The van der Waals surface area contributed by atoms with Gasteiger partial charge in [-0.05, 0) is 30.2 Å². The number of aromatic amines is 2. The van der Waals surface area contributed by atoms with Crippen LogP contribution in [0, 0.1) is 5.82 Å². The molecule has 0 bridgehead atoms. The summed E-state index contributed by atoms with van der Waals surface area (Å²) < 4.78 is 25.3. The number of H-pyrrole nitrogens is 2. The van der Waals surface area contributed by atoms with Crippen LogP contribution in [0.25, 0.3) is 22.2 Å². The van der Waals surface area contributed by atoms with Crippen LogP contribution >= 0.6 is 11.6 Å². The van der Waals surface area contributed by atoms with Gasteiger partial charge in [0.05, 0.1) is 52.9 Å². The molecule has 4 rings (SSSR count). The highest BCUT2D eigenvalue weighted by Gasteiger charge is 2.22. The third-order valence-electron chi connectivity index (χ3n) is 4.97. The summed E-state index contributed by atoms with van der Waals surface area (Å²) in [6, 6.07) is 6.76. The van der Waals surface area contributed by atoms with Crippen molar-refractivity contribution >= 4 is 33.9 Å². The summed E-state index contributed by atoms with van der Waals surface area (Å²) in [5, 5.41) is 3.99. The van der Waals surface area contributed by atoms with Gasteiger partial charge in [0.25, 0.3) is 5.56 Å². The lowest BCUT2D eigenvalue weighted by atomic mass is 10.1. The topological polar surface area (TPSA) is 92.0 Å². The Morgan fingerprint density at radius 2 is 2.10 bits per heavy atom. The standard InChI is InChI=1S/C22H20ClFN4O3/c1-30-9-7-12-10-26-22(29)17-18(12)28-19(13-6-8-25-11-15(13)24)20(17)27-16-5-3-4-14(23)21(16)31-2/h3-6,8,10-11,27-28H,7,9H2,1-2H3,(H,26,29). The van der Waals surface area contributed by atoms with Crippen molar-refractivity contribution in [2.24, 2.45) is 0 Å². The van der Waals surface area contributed by atoms with Gasteiger partial charge in [0.1, 0.15) is 0 Å². The number of anilines is 2. The predicted octanol–water partition coefficient (Wildman–Crippen LogP) is 4.65. The van der Waals surface area contributed by atoms with E-state index >= 15 is 0 Å². The third-order valence-corrected chi connectivity index (χ3v) is 5.27. The molecule has 7 nitrogen and oxygen atoms in total. The maximum atomic E-state index is 14.7. The molecule has 0 saturated carbocycles. The van der Waals surface area contributed by atoms with E-state index in [0.29, 0.717) is 51.8 Å². The monoisotopic (exact) mass is 442 g/mol. The van der Waals surface area contributed by atoms with Gasteiger partial charge in [-0.3, -0.25) is 9.78 Å². The minimum atomic E-state index is -0.523. The van der Waals surface area contributed by atoms with Crippen LogP contribution in [0.3, 0.4) is 0 Å². The van der Waals surface area contributed by atoms with Crippen molar-refractivity contribution < 1.29 is 13.9 Å². The van der Waals surface area contributed by atoms with Gasteiger partial charge < -0.3 is 24.8 Å². The molecule has 0 aliphatic carbocycles. The summed E-state index contributed by atoms with van der Waals surface area (Å²) in [7, 11) is 3.11. The molecule has 0 spiro atoms. The first kappa shape index (κ1) is 20.9. The summed E-state index contributed by atoms with van der Waals surface area (Å²) in [6.45, 7) is 0.462. The summed E-state index contributed by atoms with van der Waals surface area (Å²) >= 11 is 6.26. The van der Waals surface area contributed by atoms with E-state index in [0.717, 1.165) is 11.8 Å². The number of hydrogen-bond donors (Lipinski definition) is 3. The van der Waals surface area contributed by atoms with E-state index in [9.17, 15) is 9.18 Å². The molecule has 3 N–H and O–H groups in total. The van der Waals surface area contributed by atoms with E-state index in [1.807, 2.05) is 0 Å². The molecule has 0 radical (unpaired) electrons. The van der Waals surface area contributed by atoms with Crippen LogP contribution in [0.2, 0.25) is 5.02 Å². The number of hydrogen-bond acceptors (Lipinski definition) is 5. The van der Waals surface area contributed by atoms with Crippen molar-refractivity contribution in [3.8, 4) is 17.0 Å². The molecule has 0 fully saturated rings. The molecule has 0 amide bonds. The van der Waals surface area contributed by atoms with Crippen LogP contribution in [0.15, 0.2) is 47.7 Å². The number of aromatic nitrogens is 3. The number of halogens is 2. The number of benzene rings is 1. The van der Waals surface area contributed by atoms with Gasteiger partial charge in [-0.1, -0.05) is 17.7 Å². The smallest absolute Gasteiger partial charge is 0.259 e.